The van der Waals surface area contributed by atoms with E-state index in [2.05, 4.69) is 36.4 Å². The lowest BCUT2D eigenvalue weighted by atomic mass is 9.96. The third-order valence-corrected chi connectivity index (χ3v) is 6.60. The zero-order chi connectivity index (χ0) is 22.8. The molecule has 2 aliphatic rings. The maximum Gasteiger partial charge on any atom is 0.156 e. The van der Waals surface area contributed by atoms with E-state index in [9.17, 15) is 9.65 Å². The van der Waals surface area contributed by atoms with Gasteiger partial charge >= 0.3 is 0 Å². The Morgan fingerprint density at radius 3 is 2.88 bits per heavy atom. The van der Waals surface area contributed by atoms with E-state index < -0.39 is 5.82 Å². The van der Waals surface area contributed by atoms with E-state index in [-0.39, 0.29) is 11.7 Å². The van der Waals surface area contributed by atoms with Crippen LogP contribution in [-0.2, 0) is 11.2 Å². The van der Waals surface area contributed by atoms with Gasteiger partial charge in [-0.15, -0.1) is 5.10 Å². The van der Waals surface area contributed by atoms with Gasteiger partial charge in [0.15, 0.2) is 5.82 Å². The molecule has 4 heterocycles. The quantitative estimate of drug-likeness (QED) is 0.582. The monoisotopic (exact) mass is 448 g/mol. The Morgan fingerprint density at radius 2 is 2.12 bits per heavy atom. The highest BCUT2D eigenvalue weighted by molar-refractivity contribution is 5.44. The average Bonchev–Trinajstić information content (AvgIpc) is 3.38. The molecule has 5 rings (SSSR count). The number of nitrogens with zero attached hydrogens (tertiary/aromatic N) is 8. The number of benzene rings is 1. The van der Waals surface area contributed by atoms with E-state index in [1.165, 1.54) is 22.6 Å². The molecular weight excluding hydrogens is 423 g/mol. The molecule has 2 atom stereocenters. The van der Waals surface area contributed by atoms with Crippen molar-refractivity contribution in [2.24, 2.45) is 0 Å². The van der Waals surface area contributed by atoms with Gasteiger partial charge in [-0.3, -0.25) is 4.90 Å². The van der Waals surface area contributed by atoms with Crippen molar-refractivity contribution in [3.63, 3.8) is 0 Å². The summed E-state index contributed by atoms with van der Waals surface area (Å²) in [6, 6.07) is 9.44. The summed E-state index contributed by atoms with van der Waals surface area (Å²) >= 11 is 0. The molecular formula is C23H25FN8O. The molecule has 3 aromatic rings. The van der Waals surface area contributed by atoms with Crippen LogP contribution in [0.5, 0.6) is 0 Å². The van der Waals surface area contributed by atoms with Crippen molar-refractivity contribution in [1.29, 1.82) is 5.26 Å². The van der Waals surface area contributed by atoms with E-state index in [1.807, 2.05) is 18.3 Å². The van der Waals surface area contributed by atoms with Crippen LogP contribution in [0.2, 0.25) is 0 Å². The number of tetrazole rings is 1. The fraction of sp³-hybridized carbons (Fsp3) is 0.435. The van der Waals surface area contributed by atoms with Gasteiger partial charge in [-0.1, -0.05) is 12.1 Å². The molecule has 0 radical (unpaired) electrons. The molecule has 2 fully saturated rings. The maximum absolute atomic E-state index is 13.9. The van der Waals surface area contributed by atoms with Gasteiger partial charge < -0.3 is 9.64 Å². The van der Waals surface area contributed by atoms with Crippen molar-refractivity contribution in [3.05, 3.63) is 64.9 Å². The number of fused-ring (bicyclic) bond motifs is 1. The van der Waals surface area contributed by atoms with E-state index in [0.29, 0.717) is 24.0 Å². The van der Waals surface area contributed by atoms with Crippen molar-refractivity contribution in [2.75, 3.05) is 39.3 Å². The number of rotatable bonds is 5. The molecule has 0 N–H and O–H groups in total. The first kappa shape index (κ1) is 21.6. The SMILES string of the molecule is Cc1c(C2CN3CCN(CCc4ccc(-n5cnnn5)nc4)CC3CO2)ccc(F)c1C#N. The number of aromatic nitrogens is 5. The minimum Gasteiger partial charge on any atom is -0.370 e. The lowest BCUT2D eigenvalue weighted by molar-refractivity contribution is -0.0903. The highest BCUT2D eigenvalue weighted by Gasteiger charge is 2.34. The second kappa shape index (κ2) is 9.31. The zero-order valence-electron chi connectivity index (χ0n) is 18.4. The minimum absolute atomic E-state index is 0.114. The van der Waals surface area contributed by atoms with Gasteiger partial charge in [-0.2, -0.15) is 9.94 Å². The molecule has 0 saturated carbocycles. The number of pyridine rings is 1. The van der Waals surface area contributed by atoms with Crippen molar-refractivity contribution in [2.45, 2.75) is 25.5 Å². The molecule has 170 valence electrons. The summed E-state index contributed by atoms with van der Waals surface area (Å²) < 4.78 is 21.6. The van der Waals surface area contributed by atoms with Gasteiger partial charge in [0, 0.05) is 45.0 Å². The van der Waals surface area contributed by atoms with Gasteiger partial charge in [-0.25, -0.2) is 9.37 Å². The Balaban J connectivity index is 1.15. The second-order valence-corrected chi connectivity index (χ2v) is 8.55. The number of nitriles is 1. The molecule has 1 aromatic carbocycles. The highest BCUT2D eigenvalue weighted by atomic mass is 19.1. The molecule has 0 spiro atoms. The Bertz CT molecular complexity index is 1140. The number of ether oxygens (including phenoxy) is 1. The van der Waals surface area contributed by atoms with Crippen LogP contribution in [0.4, 0.5) is 4.39 Å². The third kappa shape index (κ3) is 4.48. The Morgan fingerprint density at radius 1 is 1.21 bits per heavy atom. The molecule has 2 aromatic heterocycles. The Labute approximate surface area is 191 Å². The fourth-order valence-corrected chi connectivity index (χ4v) is 4.67. The van der Waals surface area contributed by atoms with Crippen LogP contribution >= 0.6 is 0 Å². The predicted molar refractivity (Wildman–Crippen MR) is 117 cm³/mol. The van der Waals surface area contributed by atoms with E-state index in [0.717, 1.165) is 44.7 Å². The minimum atomic E-state index is -0.471. The first-order valence-electron chi connectivity index (χ1n) is 11.1. The van der Waals surface area contributed by atoms with Gasteiger partial charge in [0.05, 0.1) is 18.3 Å². The number of hydrogen-bond acceptors (Lipinski definition) is 8. The normalized spacial score (nSPS) is 21.5. The van der Waals surface area contributed by atoms with Crippen molar-refractivity contribution < 1.29 is 9.13 Å². The molecule has 0 bridgehead atoms. The van der Waals surface area contributed by atoms with E-state index in [1.54, 1.807) is 13.0 Å². The lowest BCUT2D eigenvalue weighted by Gasteiger charge is -2.46. The third-order valence-electron chi connectivity index (χ3n) is 6.60. The topological polar surface area (TPSA) is 96.0 Å². The average molecular weight is 449 g/mol. The summed E-state index contributed by atoms with van der Waals surface area (Å²) in [5.74, 6) is 0.228. The molecule has 0 amide bonds. The summed E-state index contributed by atoms with van der Waals surface area (Å²) in [4.78, 5) is 9.37. The zero-order valence-corrected chi connectivity index (χ0v) is 18.4. The van der Waals surface area contributed by atoms with E-state index in [4.69, 9.17) is 4.74 Å². The Kier molecular flexibility index (Phi) is 6.09. The molecule has 2 aliphatic heterocycles. The van der Waals surface area contributed by atoms with Crippen LogP contribution in [-0.4, -0.2) is 80.4 Å². The number of halogens is 1. The smallest absolute Gasteiger partial charge is 0.156 e. The first-order valence-corrected chi connectivity index (χ1v) is 11.1. The van der Waals surface area contributed by atoms with Crippen molar-refractivity contribution in [1.82, 2.24) is 35.0 Å². The van der Waals surface area contributed by atoms with Crippen molar-refractivity contribution >= 4 is 0 Å². The van der Waals surface area contributed by atoms with Crippen molar-refractivity contribution in [3.8, 4) is 11.9 Å². The molecule has 9 nitrogen and oxygen atoms in total. The van der Waals surface area contributed by atoms with Crippen LogP contribution in [0.25, 0.3) is 5.82 Å². The summed E-state index contributed by atoms with van der Waals surface area (Å²) in [5, 5.41) is 20.4. The van der Waals surface area contributed by atoms with Crippen LogP contribution in [0.15, 0.2) is 36.8 Å². The summed E-state index contributed by atoms with van der Waals surface area (Å²) in [6.07, 6.45) is 4.19. The summed E-state index contributed by atoms with van der Waals surface area (Å²) in [6.45, 7) is 7.06. The first-order chi connectivity index (χ1) is 16.1. The second-order valence-electron chi connectivity index (χ2n) is 8.55. The van der Waals surface area contributed by atoms with Crippen LogP contribution in [0.3, 0.4) is 0 Å². The number of piperazine rings is 1. The highest BCUT2D eigenvalue weighted by Crippen LogP contribution is 2.30. The molecule has 33 heavy (non-hydrogen) atoms. The molecule has 10 heteroatoms. The van der Waals surface area contributed by atoms with Crippen LogP contribution in [0.1, 0.15) is 28.4 Å². The fourth-order valence-electron chi connectivity index (χ4n) is 4.67. The van der Waals surface area contributed by atoms with Gasteiger partial charge in [0.25, 0.3) is 0 Å². The van der Waals surface area contributed by atoms with Gasteiger partial charge in [-0.05, 0) is 52.6 Å². The van der Waals surface area contributed by atoms with Crippen LogP contribution < -0.4 is 0 Å². The summed E-state index contributed by atoms with van der Waals surface area (Å²) in [7, 11) is 0. The standard InChI is InChI=1S/C23H25FN8O/c1-16-19(3-4-21(24)20(16)10-25)22-13-31-9-8-30(12-18(31)14-33-22)7-6-17-2-5-23(26-11-17)32-15-27-28-29-32/h2-5,11,15,18,22H,6-9,12-14H2,1H3. The lowest BCUT2D eigenvalue weighted by Crippen LogP contribution is -2.58. The Hall–Kier alpha value is -3.26. The number of morpholine rings is 1. The molecule has 2 unspecified atom stereocenters. The van der Waals surface area contributed by atoms with Gasteiger partial charge in [0.2, 0.25) is 0 Å². The molecule has 0 aliphatic carbocycles. The largest absolute Gasteiger partial charge is 0.370 e. The predicted octanol–water partition coefficient (Wildman–Crippen LogP) is 1.68. The van der Waals surface area contributed by atoms with Gasteiger partial charge in [0.1, 0.15) is 18.2 Å². The number of hydrogen-bond donors (Lipinski definition) is 0. The van der Waals surface area contributed by atoms with E-state index >= 15 is 0 Å². The maximum atomic E-state index is 13.9. The summed E-state index contributed by atoms with van der Waals surface area (Å²) in [5.41, 5.74) is 2.88. The molecule has 2 saturated heterocycles. The van der Waals surface area contributed by atoms with Crippen LogP contribution in [0, 0.1) is 24.1 Å².